The van der Waals surface area contributed by atoms with Crippen molar-refractivity contribution in [2.75, 3.05) is 5.32 Å². The zero-order valence-corrected chi connectivity index (χ0v) is 13.8. The molecule has 0 aliphatic carbocycles. The first-order chi connectivity index (χ1) is 11.1. The Morgan fingerprint density at radius 3 is 2.52 bits per heavy atom. The molecule has 0 saturated carbocycles. The zero-order chi connectivity index (χ0) is 16.5. The van der Waals surface area contributed by atoms with Gasteiger partial charge in [0.2, 0.25) is 5.91 Å². The number of amides is 1. The van der Waals surface area contributed by atoms with Crippen LogP contribution in [-0.2, 0) is 10.5 Å². The Hall–Kier alpha value is -2.44. The fourth-order valence-corrected chi connectivity index (χ4v) is 2.52. The van der Waals surface area contributed by atoms with Crippen molar-refractivity contribution in [3.63, 3.8) is 0 Å². The molecule has 0 aliphatic rings. The summed E-state index contributed by atoms with van der Waals surface area (Å²) in [4.78, 5) is 10.9. The fraction of sp³-hybridized carbons (Fsp3) is 0.118. The van der Waals surface area contributed by atoms with Gasteiger partial charge in [-0.25, -0.2) is 0 Å². The van der Waals surface area contributed by atoms with Crippen LogP contribution in [0.2, 0.25) is 0 Å². The predicted molar refractivity (Wildman–Crippen MR) is 99.8 cm³/mol. The van der Waals surface area contributed by atoms with Gasteiger partial charge in [0.1, 0.15) is 5.11 Å². The van der Waals surface area contributed by atoms with Crippen LogP contribution in [0.5, 0.6) is 0 Å². The Balaban J connectivity index is 1.84. The number of nitrogens with two attached hydrogens (primary N) is 1. The van der Waals surface area contributed by atoms with Crippen LogP contribution in [0.3, 0.4) is 0 Å². The van der Waals surface area contributed by atoms with Gasteiger partial charge in [-0.05, 0) is 23.3 Å². The summed E-state index contributed by atoms with van der Waals surface area (Å²) in [7, 11) is 0. The van der Waals surface area contributed by atoms with E-state index in [1.165, 1.54) is 12.5 Å². The molecule has 0 aromatic heterocycles. The monoisotopic (exact) mass is 328 g/mol. The standard InChI is InChI=1S/C17H20N4OS/c1-13(22)20-16-9-7-14(8-10-16)11-19-21-17(18)23-12-15-5-3-2-4-6-15/h2-11,21,23H,12,18H2,1H3,(H,20,22). The summed E-state index contributed by atoms with van der Waals surface area (Å²) in [6.45, 7) is 1.48. The second-order valence-corrected chi connectivity index (χ2v) is 5.97. The number of nitrogens with one attached hydrogen (secondary N) is 2. The Labute approximate surface area is 139 Å². The number of carbonyl (C=O) groups is 1. The van der Waals surface area contributed by atoms with E-state index in [9.17, 15) is 4.79 Å². The van der Waals surface area contributed by atoms with E-state index in [0.29, 0.717) is 5.11 Å². The second kappa shape index (κ2) is 8.87. The first-order valence-corrected chi connectivity index (χ1v) is 8.22. The topological polar surface area (TPSA) is 79.5 Å². The number of hydrogen-bond donors (Lipinski definition) is 4. The van der Waals surface area contributed by atoms with E-state index in [2.05, 4.69) is 28.0 Å². The SMILES string of the molecule is CC(=O)Nc1ccc(C=NNC(N)=[SH]Cc2ccccc2)cc1. The molecule has 120 valence electrons. The van der Waals surface area contributed by atoms with Crippen LogP contribution in [-0.4, -0.2) is 17.2 Å². The summed E-state index contributed by atoms with van der Waals surface area (Å²) in [5.74, 6) is 0.758. The van der Waals surface area contributed by atoms with Gasteiger partial charge in [-0.3, -0.25) is 16.0 Å². The number of nitrogens with zero attached hydrogens (tertiary/aromatic N) is 1. The molecule has 6 heteroatoms. The highest BCUT2D eigenvalue weighted by molar-refractivity contribution is 7.97. The first kappa shape index (κ1) is 16.9. The molecule has 0 unspecified atom stereocenters. The summed E-state index contributed by atoms with van der Waals surface area (Å²) in [5.41, 5.74) is 11.6. The summed E-state index contributed by atoms with van der Waals surface area (Å²) in [6.07, 6.45) is 1.68. The highest BCUT2D eigenvalue weighted by Gasteiger charge is 1.95. The maximum absolute atomic E-state index is 10.9. The first-order valence-electron chi connectivity index (χ1n) is 7.14. The normalized spacial score (nSPS) is 11.8. The summed E-state index contributed by atoms with van der Waals surface area (Å²) < 4.78 is 0. The number of rotatable bonds is 5. The fourth-order valence-electron chi connectivity index (χ4n) is 1.82. The van der Waals surface area contributed by atoms with Gasteiger partial charge >= 0.3 is 0 Å². The molecule has 0 fully saturated rings. The molecule has 0 spiro atoms. The number of carbonyl (C=O) groups excluding carboxylic acids is 1. The molecule has 2 aromatic rings. The number of thiol groups is 1. The molecular formula is C17H20N4OS. The summed E-state index contributed by atoms with van der Waals surface area (Å²) in [6, 6.07) is 17.5. The van der Waals surface area contributed by atoms with Gasteiger partial charge in [0.15, 0.2) is 0 Å². The quantitative estimate of drug-likeness (QED) is 0.294. The molecule has 2 rings (SSSR count). The van der Waals surface area contributed by atoms with Crippen LogP contribution in [0.25, 0.3) is 0 Å². The molecular weight excluding hydrogens is 308 g/mol. The van der Waals surface area contributed by atoms with Gasteiger partial charge in [-0.1, -0.05) is 42.5 Å². The molecule has 0 radical (unpaired) electrons. The van der Waals surface area contributed by atoms with Crippen molar-refractivity contribution in [1.82, 2.24) is 5.43 Å². The van der Waals surface area contributed by atoms with Crippen molar-refractivity contribution in [2.24, 2.45) is 10.8 Å². The van der Waals surface area contributed by atoms with Crippen molar-refractivity contribution < 1.29 is 4.79 Å². The van der Waals surface area contributed by atoms with Crippen LogP contribution < -0.4 is 16.5 Å². The lowest BCUT2D eigenvalue weighted by atomic mass is 10.2. The van der Waals surface area contributed by atoms with Crippen molar-refractivity contribution in [2.45, 2.75) is 12.7 Å². The lowest BCUT2D eigenvalue weighted by molar-refractivity contribution is -0.114. The van der Waals surface area contributed by atoms with Crippen LogP contribution in [0.15, 0.2) is 59.7 Å². The number of hydrazone groups is 1. The molecule has 0 aliphatic heterocycles. The average Bonchev–Trinajstić information content (AvgIpc) is 2.55. The molecule has 0 bridgehead atoms. The molecule has 1 amide bonds. The molecule has 0 heterocycles. The van der Waals surface area contributed by atoms with Gasteiger partial charge in [0, 0.05) is 18.4 Å². The highest BCUT2D eigenvalue weighted by Crippen LogP contribution is 2.08. The lowest BCUT2D eigenvalue weighted by Gasteiger charge is -2.02. The third kappa shape index (κ3) is 6.46. The van der Waals surface area contributed by atoms with Crippen LogP contribution in [0.1, 0.15) is 18.1 Å². The molecule has 2 aromatic carbocycles. The van der Waals surface area contributed by atoms with Crippen LogP contribution in [0.4, 0.5) is 5.69 Å². The predicted octanol–water partition coefficient (Wildman–Crippen LogP) is 2.28. The van der Waals surface area contributed by atoms with Gasteiger partial charge < -0.3 is 5.32 Å². The number of hydrogen-bond acceptors (Lipinski definition) is 2. The van der Waals surface area contributed by atoms with Gasteiger partial charge in [0.05, 0.1) is 6.21 Å². The number of anilines is 1. The van der Waals surface area contributed by atoms with E-state index in [1.54, 1.807) is 6.21 Å². The third-order valence-corrected chi connectivity index (χ3v) is 3.86. The molecule has 23 heavy (non-hydrogen) atoms. The van der Waals surface area contributed by atoms with Crippen molar-refractivity contribution in [3.8, 4) is 0 Å². The minimum absolute atomic E-state index is 0.0899. The van der Waals surface area contributed by atoms with E-state index in [-0.39, 0.29) is 5.91 Å². The number of benzene rings is 2. The van der Waals surface area contributed by atoms with Crippen LogP contribution in [0, 0.1) is 0 Å². The van der Waals surface area contributed by atoms with E-state index >= 15 is 0 Å². The molecule has 0 atom stereocenters. The molecule has 5 nitrogen and oxygen atoms in total. The molecule has 4 N–H and O–H groups in total. The highest BCUT2D eigenvalue weighted by atomic mass is 32.1. The van der Waals surface area contributed by atoms with Gasteiger partial charge in [-0.15, -0.1) is 0 Å². The van der Waals surface area contributed by atoms with Crippen LogP contribution >= 0.6 is 11.4 Å². The van der Waals surface area contributed by atoms with E-state index in [1.807, 2.05) is 42.5 Å². The zero-order valence-electron chi connectivity index (χ0n) is 12.9. The van der Waals surface area contributed by atoms with E-state index < -0.39 is 0 Å². The lowest BCUT2D eigenvalue weighted by Crippen LogP contribution is -2.25. The average molecular weight is 328 g/mol. The summed E-state index contributed by atoms with van der Waals surface area (Å²) in [5, 5.41) is 7.42. The minimum Gasteiger partial charge on any atom is -0.326 e. The minimum atomic E-state index is -0.0899. The van der Waals surface area contributed by atoms with Crippen molar-refractivity contribution in [3.05, 3.63) is 65.7 Å². The van der Waals surface area contributed by atoms with Gasteiger partial charge in [0.25, 0.3) is 0 Å². The Bertz CT molecular complexity index is 696. The van der Waals surface area contributed by atoms with E-state index in [0.717, 1.165) is 28.4 Å². The molecule has 0 saturated heterocycles. The van der Waals surface area contributed by atoms with Crippen molar-refractivity contribution in [1.29, 1.82) is 0 Å². The van der Waals surface area contributed by atoms with Crippen molar-refractivity contribution >= 4 is 34.3 Å². The van der Waals surface area contributed by atoms with E-state index in [4.69, 9.17) is 5.73 Å². The smallest absolute Gasteiger partial charge is 0.221 e. The summed E-state index contributed by atoms with van der Waals surface area (Å²) >= 11 is 0.982. The Kier molecular flexibility index (Phi) is 6.53. The van der Waals surface area contributed by atoms with Gasteiger partial charge in [-0.2, -0.15) is 16.5 Å². The Morgan fingerprint density at radius 2 is 1.87 bits per heavy atom. The second-order valence-electron chi connectivity index (χ2n) is 4.86. The Morgan fingerprint density at radius 1 is 1.17 bits per heavy atom. The largest absolute Gasteiger partial charge is 0.326 e. The third-order valence-electron chi connectivity index (χ3n) is 2.90. The maximum Gasteiger partial charge on any atom is 0.221 e. The maximum atomic E-state index is 10.9.